The number of nitrogens with one attached hydrogen (secondary N) is 1. The van der Waals surface area contributed by atoms with Gasteiger partial charge in [0.2, 0.25) is 0 Å². The first-order chi connectivity index (χ1) is 9.50. The van der Waals surface area contributed by atoms with Gasteiger partial charge in [-0.2, -0.15) is 5.10 Å². The van der Waals surface area contributed by atoms with Crippen molar-refractivity contribution in [2.24, 2.45) is 0 Å². The molecule has 0 radical (unpaired) electrons. The molecule has 0 saturated carbocycles. The molecule has 2 heterocycles. The molecule has 0 aromatic carbocycles. The van der Waals surface area contributed by atoms with Crippen LogP contribution in [0.15, 0.2) is 11.0 Å². The number of hydrogen-bond donors (Lipinski definition) is 1. The summed E-state index contributed by atoms with van der Waals surface area (Å²) in [4.78, 5) is 14.0. The largest absolute Gasteiger partial charge is 0.374 e. The SMILES string of the molecule is CC(C)n1ncc(N(C)CC2CNCCO2)c(Cl)c1=O. The summed E-state index contributed by atoms with van der Waals surface area (Å²) in [5.41, 5.74) is 0.386. The Hall–Kier alpha value is -1.11. The van der Waals surface area contributed by atoms with Crippen LogP contribution < -0.4 is 15.8 Å². The second kappa shape index (κ2) is 6.56. The minimum absolute atomic E-state index is 0.00904. The zero-order valence-corrected chi connectivity index (χ0v) is 12.9. The zero-order chi connectivity index (χ0) is 14.7. The molecule has 0 aliphatic carbocycles. The van der Waals surface area contributed by atoms with Gasteiger partial charge in [-0.05, 0) is 13.8 Å². The van der Waals surface area contributed by atoms with Gasteiger partial charge in [-0.1, -0.05) is 11.6 Å². The molecule has 0 bridgehead atoms. The van der Waals surface area contributed by atoms with E-state index in [0.29, 0.717) is 18.8 Å². The average Bonchev–Trinajstić information content (AvgIpc) is 2.42. The average molecular weight is 301 g/mol. The van der Waals surface area contributed by atoms with Gasteiger partial charge in [0.05, 0.1) is 30.6 Å². The molecular weight excluding hydrogens is 280 g/mol. The van der Waals surface area contributed by atoms with Crippen molar-refractivity contribution in [3.05, 3.63) is 21.6 Å². The highest BCUT2D eigenvalue weighted by molar-refractivity contribution is 6.33. The summed E-state index contributed by atoms with van der Waals surface area (Å²) in [6.07, 6.45) is 1.73. The van der Waals surface area contributed by atoms with Gasteiger partial charge in [0, 0.05) is 26.7 Å². The fraction of sp³-hybridized carbons (Fsp3) is 0.692. The Morgan fingerprint density at radius 2 is 2.40 bits per heavy atom. The molecule has 1 aliphatic heterocycles. The molecule has 2 rings (SSSR count). The fourth-order valence-corrected chi connectivity index (χ4v) is 2.49. The van der Waals surface area contributed by atoms with E-state index in [1.165, 1.54) is 4.68 Å². The van der Waals surface area contributed by atoms with E-state index >= 15 is 0 Å². The molecule has 1 aromatic heterocycles. The van der Waals surface area contributed by atoms with Gasteiger partial charge >= 0.3 is 0 Å². The molecule has 6 nitrogen and oxygen atoms in total. The first-order valence-electron chi connectivity index (χ1n) is 6.81. The van der Waals surface area contributed by atoms with Crippen molar-refractivity contribution in [2.45, 2.75) is 26.0 Å². The predicted molar refractivity (Wildman–Crippen MR) is 79.8 cm³/mol. The van der Waals surface area contributed by atoms with Gasteiger partial charge < -0.3 is 15.0 Å². The molecule has 20 heavy (non-hydrogen) atoms. The van der Waals surface area contributed by atoms with Crippen molar-refractivity contribution >= 4 is 17.3 Å². The number of aromatic nitrogens is 2. The maximum absolute atomic E-state index is 12.1. The molecule has 7 heteroatoms. The molecule has 1 fully saturated rings. The van der Waals surface area contributed by atoms with E-state index in [1.54, 1.807) is 6.20 Å². The number of halogens is 1. The van der Waals surface area contributed by atoms with Crippen LogP contribution in [-0.2, 0) is 4.74 Å². The molecule has 1 atom stereocenters. The van der Waals surface area contributed by atoms with Crippen LogP contribution in [-0.4, -0.2) is 49.2 Å². The van der Waals surface area contributed by atoms with E-state index in [4.69, 9.17) is 16.3 Å². The lowest BCUT2D eigenvalue weighted by atomic mass is 10.2. The van der Waals surface area contributed by atoms with Crippen LogP contribution in [0, 0.1) is 0 Å². The molecule has 1 aliphatic rings. The highest BCUT2D eigenvalue weighted by atomic mass is 35.5. The van der Waals surface area contributed by atoms with Crippen molar-refractivity contribution in [3.63, 3.8) is 0 Å². The predicted octanol–water partition coefficient (Wildman–Crippen LogP) is 0.902. The third-order valence-electron chi connectivity index (χ3n) is 3.31. The van der Waals surface area contributed by atoms with Crippen LogP contribution >= 0.6 is 11.6 Å². The minimum Gasteiger partial charge on any atom is -0.374 e. The summed E-state index contributed by atoms with van der Waals surface area (Å²) in [6.45, 7) is 6.86. The Bertz CT molecular complexity index is 512. The van der Waals surface area contributed by atoms with Crippen LogP contribution in [0.5, 0.6) is 0 Å². The molecule has 0 amide bonds. The molecule has 1 aromatic rings. The highest BCUT2D eigenvalue weighted by Crippen LogP contribution is 2.20. The Morgan fingerprint density at radius 3 is 3.00 bits per heavy atom. The normalized spacial score (nSPS) is 19.4. The Kier molecular flexibility index (Phi) is 5.01. The fourth-order valence-electron chi connectivity index (χ4n) is 2.21. The van der Waals surface area contributed by atoms with Gasteiger partial charge in [0.25, 0.3) is 5.56 Å². The van der Waals surface area contributed by atoms with Crippen LogP contribution in [0.3, 0.4) is 0 Å². The number of anilines is 1. The smallest absolute Gasteiger partial charge is 0.287 e. The molecule has 0 spiro atoms. The van der Waals surface area contributed by atoms with E-state index in [1.807, 2.05) is 25.8 Å². The minimum atomic E-state index is -0.256. The lowest BCUT2D eigenvalue weighted by molar-refractivity contribution is 0.0340. The number of nitrogens with zero attached hydrogens (tertiary/aromatic N) is 3. The third kappa shape index (κ3) is 3.31. The van der Waals surface area contributed by atoms with E-state index in [2.05, 4.69) is 10.4 Å². The first kappa shape index (κ1) is 15.3. The topological polar surface area (TPSA) is 59.4 Å². The van der Waals surface area contributed by atoms with Gasteiger partial charge in [-0.3, -0.25) is 4.79 Å². The van der Waals surface area contributed by atoms with Crippen molar-refractivity contribution in [1.82, 2.24) is 15.1 Å². The van der Waals surface area contributed by atoms with Crippen LogP contribution in [0.2, 0.25) is 5.02 Å². The zero-order valence-electron chi connectivity index (χ0n) is 12.1. The van der Waals surface area contributed by atoms with E-state index in [0.717, 1.165) is 13.1 Å². The summed E-state index contributed by atoms with van der Waals surface area (Å²) in [7, 11) is 1.89. The Labute approximate surface area is 123 Å². The van der Waals surface area contributed by atoms with Crippen molar-refractivity contribution in [1.29, 1.82) is 0 Å². The monoisotopic (exact) mass is 300 g/mol. The Balaban J connectivity index is 2.15. The van der Waals surface area contributed by atoms with E-state index in [-0.39, 0.29) is 22.7 Å². The summed E-state index contributed by atoms with van der Waals surface area (Å²) >= 11 is 6.18. The molecule has 112 valence electrons. The van der Waals surface area contributed by atoms with Crippen molar-refractivity contribution < 1.29 is 4.74 Å². The lowest BCUT2D eigenvalue weighted by Gasteiger charge is -2.29. The van der Waals surface area contributed by atoms with Crippen LogP contribution in [0.1, 0.15) is 19.9 Å². The summed E-state index contributed by atoms with van der Waals surface area (Å²) in [6, 6.07) is -0.00904. The van der Waals surface area contributed by atoms with Crippen LogP contribution in [0.25, 0.3) is 0 Å². The highest BCUT2D eigenvalue weighted by Gasteiger charge is 2.19. The van der Waals surface area contributed by atoms with E-state index < -0.39 is 0 Å². The second-order valence-corrected chi connectivity index (χ2v) is 5.64. The molecule has 1 saturated heterocycles. The number of likely N-dealkylation sites (N-methyl/N-ethyl adjacent to an activating group) is 1. The summed E-state index contributed by atoms with van der Waals surface area (Å²) in [5, 5.41) is 7.66. The second-order valence-electron chi connectivity index (χ2n) is 5.26. The third-order valence-corrected chi connectivity index (χ3v) is 3.66. The van der Waals surface area contributed by atoms with Crippen molar-refractivity contribution in [3.8, 4) is 0 Å². The van der Waals surface area contributed by atoms with Crippen molar-refractivity contribution in [2.75, 3.05) is 38.2 Å². The number of rotatable bonds is 4. The molecule has 1 unspecified atom stereocenters. The standard InChI is InChI=1S/C13H21ClN4O2/c1-9(2)18-13(19)12(14)11(7-16-18)17(3)8-10-6-15-4-5-20-10/h7,9-10,15H,4-6,8H2,1-3H3. The van der Waals surface area contributed by atoms with Gasteiger partial charge in [0.15, 0.2) is 0 Å². The maximum Gasteiger partial charge on any atom is 0.287 e. The van der Waals surface area contributed by atoms with Crippen LogP contribution in [0.4, 0.5) is 5.69 Å². The number of morpholine rings is 1. The van der Waals surface area contributed by atoms with Gasteiger partial charge in [-0.25, -0.2) is 4.68 Å². The maximum atomic E-state index is 12.1. The Morgan fingerprint density at radius 1 is 1.65 bits per heavy atom. The molecular formula is C13H21ClN4O2. The molecule has 1 N–H and O–H groups in total. The lowest BCUT2D eigenvalue weighted by Crippen LogP contribution is -2.44. The summed E-state index contributed by atoms with van der Waals surface area (Å²) < 4.78 is 7.04. The van der Waals surface area contributed by atoms with Gasteiger partial charge in [-0.15, -0.1) is 0 Å². The summed E-state index contributed by atoms with van der Waals surface area (Å²) in [5.74, 6) is 0. The first-order valence-corrected chi connectivity index (χ1v) is 7.19. The number of ether oxygens (including phenoxy) is 1. The van der Waals surface area contributed by atoms with Gasteiger partial charge in [0.1, 0.15) is 5.02 Å². The van der Waals surface area contributed by atoms with E-state index in [9.17, 15) is 4.79 Å². The quantitative estimate of drug-likeness (QED) is 0.895. The number of hydrogen-bond acceptors (Lipinski definition) is 5.